The van der Waals surface area contributed by atoms with Crippen LogP contribution in [0.3, 0.4) is 0 Å². The number of rotatable bonds is 3. The molecule has 0 radical (unpaired) electrons. The average Bonchev–Trinajstić information content (AvgIpc) is 2.82. The number of carbonyl (C=O) groups is 1. The molecule has 0 spiro atoms. The van der Waals surface area contributed by atoms with Crippen molar-refractivity contribution >= 4 is 23.3 Å². The van der Waals surface area contributed by atoms with E-state index >= 15 is 0 Å². The average molecular weight is 349 g/mol. The van der Waals surface area contributed by atoms with Gasteiger partial charge in [-0.2, -0.15) is 0 Å². The fourth-order valence-corrected chi connectivity index (χ4v) is 2.95. The zero-order valence-corrected chi connectivity index (χ0v) is 13.9. The third-order valence-electron chi connectivity index (χ3n) is 4.01. The Labute approximate surface area is 145 Å². The summed E-state index contributed by atoms with van der Waals surface area (Å²) in [6.45, 7) is 2.40. The van der Waals surface area contributed by atoms with Gasteiger partial charge in [-0.25, -0.2) is 9.37 Å². The molecule has 1 saturated heterocycles. The third kappa shape index (κ3) is 4.00. The highest BCUT2D eigenvalue weighted by molar-refractivity contribution is 6.30. The predicted molar refractivity (Wildman–Crippen MR) is 90.6 cm³/mol. The largest absolute Gasteiger partial charge is 0.352 e. The summed E-state index contributed by atoms with van der Waals surface area (Å²) >= 11 is 5.75. The maximum atomic E-state index is 14.0. The van der Waals surface area contributed by atoms with E-state index in [2.05, 4.69) is 9.97 Å². The van der Waals surface area contributed by atoms with Gasteiger partial charge in [0, 0.05) is 44.8 Å². The maximum absolute atomic E-state index is 14.0. The number of anilines is 1. The van der Waals surface area contributed by atoms with Crippen molar-refractivity contribution in [3.8, 4) is 0 Å². The van der Waals surface area contributed by atoms with Crippen molar-refractivity contribution < 1.29 is 9.18 Å². The van der Waals surface area contributed by atoms with Crippen LogP contribution in [0.25, 0.3) is 0 Å². The van der Waals surface area contributed by atoms with E-state index in [0.717, 1.165) is 12.0 Å². The maximum Gasteiger partial charge on any atom is 0.227 e. The summed E-state index contributed by atoms with van der Waals surface area (Å²) in [5.74, 6) is -0.0759. The number of halogens is 2. The lowest BCUT2D eigenvalue weighted by Gasteiger charge is -2.23. The second-order valence-electron chi connectivity index (χ2n) is 5.72. The minimum absolute atomic E-state index is 0.0642. The molecule has 0 aliphatic carbocycles. The van der Waals surface area contributed by atoms with Crippen LogP contribution < -0.4 is 4.90 Å². The number of nitrogens with zero attached hydrogens (tertiary/aromatic N) is 4. The van der Waals surface area contributed by atoms with Crippen LogP contribution in [0.4, 0.5) is 10.2 Å². The Kier molecular flexibility index (Phi) is 5.25. The first-order valence-electron chi connectivity index (χ1n) is 7.86. The Morgan fingerprint density at radius 3 is 2.88 bits per heavy atom. The Morgan fingerprint density at radius 2 is 2.12 bits per heavy atom. The lowest BCUT2D eigenvalue weighted by Crippen LogP contribution is -2.36. The summed E-state index contributed by atoms with van der Waals surface area (Å²) < 4.78 is 14.0. The molecule has 1 fully saturated rings. The van der Waals surface area contributed by atoms with Crippen molar-refractivity contribution in [2.75, 3.05) is 31.1 Å². The van der Waals surface area contributed by atoms with Crippen LogP contribution in [-0.4, -0.2) is 47.0 Å². The Balaban J connectivity index is 1.63. The minimum Gasteiger partial charge on any atom is -0.352 e. The fraction of sp³-hybridized carbons (Fsp3) is 0.353. The van der Waals surface area contributed by atoms with E-state index in [0.29, 0.717) is 38.4 Å². The van der Waals surface area contributed by atoms with Gasteiger partial charge in [0.05, 0.1) is 11.4 Å². The van der Waals surface area contributed by atoms with Crippen molar-refractivity contribution in [3.05, 3.63) is 53.2 Å². The molecule has 3 rings (SSSR count). The van der Waals surface area contributed by atoms with Gasteiger partial charge in [0.25, 0.3) is 0 Å². The molecule has 0 saturated carbocycles. The molecule has 0 N–H and O–H groups in total. The van der Waals surface area contributed by atoms with Crippen LogP contribution in [0.1, 0.15) is 12.0 Å². The van der Waals surface area contributed by atoms with Gasteiger partial charge in [-0.05, 0) is 24.1 Å². The lowest BCUT2D eigenvalue weighted by atomic mass is 10.2. The molecule has 5 nitrogen and oxygen atoms in total. The van der Waals surface area contributed by atoms with E-state index < -0.39 is 5.82 Å². The van der Waals surface area contributed by atoms with E-state index in [1.807, 2.05) is 21.9 Å². The Hall–Kier alpha value is -2.21. The topological polar surface area (TPSA) is 49.3 Å². The smallest absolute Gasteiger partial charge is 0.227 e. The summed E-state index contributed by atoms with van der Waals surface area (Å²) in [6.07, 6.45) is 5.93. The van der Waals surface area contributed by atoms with E-state index in [9.17, 15) is 9.18 Å². The molecular formula is C17H18ClFN4O. The Bertz CT molecular complexity index is 713. The van der Waals surface area contributed by atoms with Gasteiger partial charge in [0.1, 0.15) is 0 Å². The highest BCUT2D eigenvalue weighted by atomic mass is 35.5. The molecule has 7 heteroatoms. The second kappa shape index (κ2) is 7.57. The zero-order valence-electron chi connectivity index (χ0n) is 13.2. The summed E-state index contributed by atoms with van der Waals surface area (Å²) in [6, 6.07) is 4.98. The van der Waals surface area contributed by atoms with Crippen molar-refractivity contribution in [2.45, 2.75) is 12.8 Å². The summed E-state index contributed by atoms with van der Waals surface area (Å²) in [4.78, 5) is 24.3. The molecule has 0 atom stereocenters. The molecule has 1 amide bonds. The normalized spacial score (nSPS) is 15.2. The first kappa shape index (κ1) is 16.6. The van der Waals surface area contributed by atoms with Gasteiger partial charge in [-0.15, -0.1) is 0 Å². The molecule has 1 aliphatic rings. The highest BCUT2D eigenvalue weighted by Crippen LogP contribution is 2.21. The van der Waals surface area contributed by atoms with Crippen molar-refractivity contribution in [2.24, 2.45) is 0 Å². The lowest BCUT2D eigenvalue weighted by molar-refractivity contribution is -0.130. The molecule has 126 valence electrons. The molecule has 24 heavy (non-hydrogen) atoms. The number of hydrogen-bond acceptors (Lipinski definition) is 4. The van der Waals surface area contributed by atoms with Gasteiger partial charge in [0.2, 0.25) is 5.91 Å². The summed E-state index contributed by atoms with van der Waals surface area (Å²) in [5.41, 5.74) is 0.897. The first-order valence-corrected chi connectivity index (χ1v) is 8.24. The van der Waals surface area contributed by atoms with E-state index in [1.165, 1.54) is 12.3 Å². The van der Waals surface area contributed by atoms with Gasteiger partial charge in [-0.3, -0.25) is 9.78 Å². The van der Waals surface area contributed by atoms with Crippen LogP contribution in [0.15, 0.2) is 36.8 Å². The molecule has 0 unspecified atom stereocenters. The van der Waals surface area contributed by atoms with E-state index in [4.69, 9.17) is 11.6 Å². The molecule has 0 aromatic carbocycles. The van der Waals surface area contributed by atoms with Crippen molar-refractivity contribution in [3.63, 3.8) is 0 Å². The molecule has 3 heterocycles. The van der Waals surface area contributed by atoms with Crippen LogP contribution in [0, 0.1) is 5.82 Å². The quantitative estimate of drug-likeness (QED) is 0.855. The van der Waals surface area contributed by atoms with Gasteiger partial charge in [-0.1, -0.05) is 17.7 Å². The minimum atomic E-state index is -0.433. The van der Waals surface area contributed by atoms with Crippen molar-refractivity contribution in [1.29, 1.82) is 0 Å². The predicted octanol–water partition coefficient (Wildman–Crippen LogP) is 2.55. The number of carbonyl (C=O) groups excluding carboxylic acids is 1. The SMILES string of the molecule is O=C(Cc1cccnc1)N1CCCN(c2ncc(Cl)cc2F)CC1. The van der Waals surface area contributed by atoms with E-state index in [1.54, 1.807) is 12.4 Å². The zero-order chi connectivity index (χ0) is 16.9. The van der Waals surface area contributed by atoms with Gasteiger partial charge in [0.15, 0.2) is 11.6 Å². The first-order chi connectivity index (χ1) is 11.6. The monoisotopic (exact) mass is 348 g/mol. The Morgan fingerprint density at radius 1 is 1.25 bits per heavy atom. The standard InChI is InChI=1S/C17H18ClFN4O/c18-14-10-15(19)17(21-12-14)23-6-2-5-22(7-8-23)16(24)9-13-3-1-4-20-11-13/h1,3-4,10-12H,2,5-9H2. The van der Waals surface area contributed by atoms with Crippen molar-refractivity contribution in [1.82, 2.24) is 14.9 Å². The molecule has 0 bridgehead atoms. The molecule has 2 aromatic heterocycles. The van der Waals surface area contributed by atoms with Crippen LogP contribution in [0.5, 0.6) is 0 Å². The number of pyridine rings is 2. The number of amides is 1. The molecule has 1 aliphatic heterocycles. The van der Waals surface area contributed by atoms with Gasteiger partial charge < -0.3 is 9.80 Å². The molecular weight excluding hydrogens is 331 g/mol. The van der Waals surface area contributed by atoms with Crippen LogP contribution >= 0.6 is 11.6 Å². The van der Waals surface area contributed by atoms with E-state index in [-0.39, 0.29) is 10.9 Å². The number of hydrogen-bond donors (Lipinski definition) is 0. The third-order valence-corrected chi connectivity index (χ3v) is 4.22. The van der Waals surface area contributed by atoms with Crippen LogP contribution in [-0.2, 0) is 11.2 Å². The molecule has 2 aromatic rings. The summed E-state index contributed by atoms with van der Waals surface area (Å²) in [5, 5.41) is 0.277. The fourth-order valence-electron chi connectivity index (χ4n) is 2.81. The summed E-state index contributed by atoms with van der Waals surface area (Å²) in [7, 11) is 0. The van der Waals surface area contributed by atoms with Crippen LogP contribution in [0.2, 0.25) is 5.02 Å². The second-order valence-corrected chi connectivity index (χ2v) is 6.15. The van der Waals surface area contributed by atoms with Gasteiger partial charge >= 0.3 is 0 Å². The highest BCUT2D eigenvalue weighted by Gasteiger charge is 2.21. The number of aromatic nitrogens is 2.